The molecule has 1 aliphatic rings. The molecule has 0 bridgehead atoms. The summed E-state index contributed by atoms with van der Waals surface area (Å²) >= 11 is 1.41. The minimum atomic E-state index is -0.397. The molecule has 0 aliphatic carbocycles. The van der Waals surface area contributed by atoms with Crippen molar-refractivity contribution in [2.24, 2.45) is 0 Å². The maximum atomic E-state index is 12.6. The summed E-state index contributed by atoms with van der Waals surface area (Å²) in [6, 6.07) is 10.9. The maximum absolute atomic E-state index is 12.6. The lowest BCUT2D eigenvalue weighted by Gasteiger charge is -2.25. The molecule has 0 spiro atoms. The minimum absolute atomic E-state index is 0.0543. The number of thiophene rings is 1. The summed E-state index contributed by atoms with van der Waals surface area (Å²) in [7, 11) is 0. The van der Waals surface area contributed by atoms with Gasteiger partial charge in [-0.1, -0.05) is 18.2 Å². The topological polar surface area (TPSA) is 58.6 Å². The Morgan fingerprint density at radius 3 is 2.92 bits per heavy atom. The first-order valence-corrected chi connectivity index (χ1v) is 9.77. The van der Waals surface area contributed by atoms with Gasteiger partial charge >= 0.3 is 0 Å². The van der Waals surface area contributed by atoms with Gasteiger partial charge in [0.1, 0.15) is 18.4 Å². The molecule has 5 nitrogen and oxygen atoms in total. The van der Waals surface area contributed by atoms with Gasteiger partial charge in [0.2, 0.25) is 5.91 Å². The van der Waals surface area contributed by atoms with Gasteiger partial charge in [-0.15, -0.1) is 11.3 Å². The van der Waals surface area contributed by atoms with E-state index in [2.05, 4.69) is 5.32 Å². The molecular weight excluding hydrogens is 348 g/mol. The lowest BCUT2D eigenvalue weighted by Crippen LogP contribution is -2.49. The smallest absolute Gasteiger partial charge is 0.264 e. The van der Waals surface area contributed by atoms with E-state index in [1.807, 2.05) is 49.6 Å². The predicted octanol–water partition coefficient (Wildman–Crippen LogP) is 3.24. The molecule has 1 aromatic carbocycles. The second kappa shape index (κ2) is 8.36. The van der Waals surface area contributed by atoms with Crippen molar-refractivity contribution in [1.29, 1.82) is 0 Å². The molecule has 26 heavy (non-hydrogen) atoms. The highest BCUT2D eigenvalue weighted by Crippen LogP contribution is 2.22. The van der Waals surface area contributed by atoms with E-state index in [1.54, 1.807) is 11.0 Å². The highest BCUT2D eigenvalue weighted by Gasteiger charge is 2.35. The van der Waals surface area contributed by atoms with Crippen molar-refractivity contribution < 1.29 is 14.3 Å². The third-order valence-corrected chi connectivity index (χ3v) is 5.28. The van der Waals surface area contributed by atoms with Gasteiger partial charge in [-0.05, 0) is 55.8 Å². The summed E-state index contributed by atoms with van der Waals surface area (Å²) in [5.41, 5.74) is 1.13. The average molecular weight is 372 g/mol. The van der Waals surface area contributed by atoms with E-state index in [4.69, 9.17) is 4.74 Å². The zero-order valence-corrected chi connectivity index (χ0v) is 15.9. The molecule has 138 valence electrons. The largest absolute Gasteiger partial charge is 0.491 e. The highest BCUT2D eigenvalue weighted by atomic mass is 32.1. The molecular formula is C20H24N2O3S. The molecule has 1 N–H and O–H groups in total. The minimum Gasteiger partial charge on any atom is -0.491 e. The zero-order valence-electron chi connectivity index (χ0n) is 15.1. The summed E-state index contributed by atoms with van der Waals surface area (Å²) in [5.74, 6) is 0.635. The fourth-order valence-corrected chi connectivity index (χ4v) is 3.81. The molecule has 6 heteroatoms. The van der Waals surface area contributed by atoms with Crippen LogP contribution in [0.15, 0.2) is 41.8 Å². The Hall–Kier alpha value is -2.34. The fourth-order valence-electron chi connectivity index (χ4n) is 3.13. The van der Waals surface area contributed by atoms with Crippen LogP contribution in [0.25, 0.3) is 0 Å². The monoisotopic (exact) mass is 372 g/mol. The number of hydrogen-bond donors (Lipinski definition) is 1. The van der Waals surface area contributed by atoms with Gasteiger partial charge in [-0.3, -0.25) is 9.59 Å². The van der Waals surface area contributed by atoms with E-state index < -0.39 is 6.04 Å². The first-order chi connectivity index (χ1) is 12.5. The number of carbonyl (C=O) groups is 2. The number of carbonyl (C=O) groups excluding carboxylic acids is 2. The number of nitrogens with zero attached hydrogens (tertiary/aromatic N) is 1. The Balaban J connectivity index is 1.54. The van der Waals surface area contributed by atoms with E-state index in [1.165, 1.54) is 11.3 Å². The van der Waals surface area contributed by atoms with Gasteiger partial charge in [-0.25, -0.2) is 0 Å². The van der Waals surface area contributed by atoms with Crippen LogP contribution in [-0.4, -0.2) is 41.9 Å². The molecule has 2 aromatic rings. The number of aryl methyl sites for hydroxylation is 1. The van der Waals surface area contributed by atoms with Gasteiger partial charge in [0.05, 0.1) is 10.9 Å². The maximum Gasteiger partial charge on any atom is 0.264 e. The number of nitrogens with one attached hydrogen (secondary N) is 1. The third kappa shape index (κ3) is 4.43. The SMILES string of the molecule is Cc1cccc(OC[C@@H](C)NC(=O)[C@@H]2CCCN2C(=O)c2cccs2)c1. The lowest BCUT2D eigenvalue weighted by molar-refractivity contribution is -0.125. The summed E-state index contributed by atoms with van der Waals surface area (Å²) < 4.78 is 5.75. The van der Waals surface area contributed by atoms with Crippen molar-refractivity contribution in [2.45, 2.75) is 38.8 Å². The second-order valence-electron chi connectivity index (χ2n) is 6.67. The van der Waals surface area contributed by atoms with Gasteiger partial charge in [-0.2, -0.15) is 0 Å². The van der Waals surface area contributed by atoms with Crippen LogP contribution >= 0.6 is 11.3 Å². The molecule has 1 fully saturated rings. The van der Waals surface area contributed by atoms with Crippen molar-refractivity contribution in [3.8, 4) is 5.75 Å². The Kier molecular flexibility index (Phi) is 5.93. The van der Waals surface area contributed by atoms with E-state index in [9.17, 15) is 9.59 Å². The fraction of sp³-hybridized carbons (Fsp3) is 0.400. The summed E-state index contributed by atoms with van der Waals surface area (Å²) in [6.45, 7) is 4.94. The summed E-state index contributed by atoms with van der Waals surface area (Å²) in [5, 5.41) is 4.86. The molecule has 0 saturated carbocycles. The normalized spacial score (nSPS) is 17.8. The van der Waals surface area contributed by atoms with Gasteiger partial charge in [0, 0.05) is 6.54 Å². The molecule has 1 aliphatic heterocycles. The van der Waals surface area contributed by atoms with Crippen LogP contribution in [0.4, 0.5) is 0 Å². The first-order valence-electron chi connectivity index (χ1n) is 8.89. The molecule has 1 aromatic heterocycles. The van der Waals surface area contributed by atoms with Crippen LogP contribution in [0, 0.1) is 6.92 Å². The van der Waals surface area contributed by atoms with Crippen LogP contribution in [0.2, 0.25) is 0 Å². The van der Waals surface area contributed by atoms with Crippen LogP contribution in [-0.2, 0) is 4.79 Å². The number of rotatable bonds is 6. The molecule has 0 unspecified atom stereocenters. The van der Waals surface area contributed by atoms with Crippen molar-refractivity contribution in [3.05, 3.63) is 52.2 Å². The Morgan fingerprint density at radius 2 is 2.19 bits per heavy atom. The Labute approximate surface area is 158 Å². The molecule has 3 rings (SSSR count). The van der Waals surface area contributed by atoms with E-state index in [0.29, 0.717) is 24.4 Å². The summed E-state index contributed by atoms with van der Waals surface area (Å²) in [4.78, 5) is 27.6. The predicted molar refractivity (Wildman–Crippen MR) is 103 cm³/mol. The van der Waals surface area contributed by atoms with Crippen LogP contribution in [0.5, 0.6) is 5.75 Å². The number of ether oxygens (including phenoxy) is 1. The summed E-state index contributed by atoms with van der Waals surface area (Å²) in [6.07, 6.45) is 1.55. The molecule has 0 radical (unpaired) electrons. The van der Waals surface area contributed by atoms with Crippen LogP contribution < -0.4 is 10.1 Å². The van der Waals surface area contributed by atoms with Crippen molar-refractivity contribution >= 4 is 23.2 Å². The third-order valence-electron chi connectivity index (χ3n) is 4.43. The van der Waals surface area contributed by atoms with Gasteiger partial charge in [0.15, 0.2) is 0 Å². The number of likely N-dealkylation sites (tertiary alicyclic amines) is 1. The number of amides is 2. The van der Waals surface area contributed by atoms with Crippen molar-refractivity contribution in [2.75, 3.05) is 13.2 Å². The number of benzene rings is 1. The quantitative estimate of drug-likeness (QED) is 0.847. The Bertz CT molecular complexity index is 760. The van der Waals surface area contributed by atoms with Crippen LogP contribution in [0.3, 0.4) is 0 Å². The molecule has 2 amide bonds. The van der Waals surface area contributed by atoms with E-state index >= 15 is 0 Å². The lowest BCUT2D eigenvalue weighted by atomic mass is 10.2. The molecule has 2 heterocycles. The zero-order chi connectivity index (χ0) is 18.5. The second-order valence-corrected chi connectivity index (χ2v) is 7.62. The molecule has 2 atom stereocenters. The molecule has 1 saturated heterocycles. The average Bonchev–Trinajstić information content (AvgIpc) is 3.31. The first kappa shape index (κ1) is 18.5. The van der Waals surface area contributed by atoms with Gasteiger partial charge in [0.25, 0.3) is 5.91 Å². The Morgan fingerprint density at radius 1 is 1.35 bits per heavy atom. The van der Waals surface area contributed by atoms with Crippen molar-refractivity contribution in [1.82, 2.24) is 10.2 Å². The standard InChI is InChI=1S/C20H24N2O3S/c1-14-6-3-7-16(12-14)25-13-15(2)21-19(23)17-8-4-10-22(17)20(24)18-9-5-11-26-18/h3,5-7,9,11-12,15,17H,4,8,10,13H2,1-2H3,(H,21,23)/t15-,17+/m1/s1. The van der Waals surface area contributed by atoms with Crippen molar-refractivity contribution in [3.63, 3.8) is 0 Å². The van der Waals surface area contributed by atoms with E-state index in [0.717, 1.165) is 17.7 Å². The van der Waals surface area contributed by atoms with E-state index in [-0.39, 0.29) is 17.9 Å². The highest BCUT2D eigenvalue weighted by molar-refractivity contribution is 7.12. The van der Waals surface area contributed by atoms with Crippen LogP contribution in [0.1, 0.15) is 35.0 Å². The van der Waals surface area contributed by atoms with Gasteiger partial charge < -0.3 is 15.0 Å². The number of hydrogen-bond acceptors (Lipinski definition) is 4.